The van der Waals surface area contributed by atoms with Gasteiger partial charge in [0.1, 0.15) is 0 Å². The standard InChI is InChI=1S/C20H23N3OS/c1-22-19-12-6-4-10-17(19)21-20(22)25(24)15-16-9-3-5-11-18(16)23-13-7-2-8-14-23/h3-6,9-12H,2,7-8,13-15H2,1H3. The van der Waals surface area contributed by atoms with Crippen molar-refractivity contribution in [3.63, 3.8) is 0 Å². The first kappa shape index (κ1) is 16.3. The predicted octanol–water partition coefficient (Wildman–Crippen LogP) is 3.87. The lowest BCUT2D eigenvalue weighted by Crippen LogP contribution is -2.30. The van der Waals surface area contributed by atoms with E-state index in [0.29, 0.717) is 10.9 Å². The Morgan fingerprint density at radius 3 is 2.52 bits per heavy atom. The molecule has 1 fully saturated rings. The average molecular weight is 353 g/mol. The summed E-state index contributed by atoms with van der Waals surface area (Å²) in [5.41, 5.74) is 4.30. The van der Waals surface area contributed by atoms with Gasteiger partial charge in [0.2, 0.25) is 0 Å². The van der Waals surface area contributed by atoms with Crippen LogP contribution in [0.1, 0.15) is 24.8 Å². The number of fused-ring (bicyclic) bond motifs is 1. The van der Waals surface area contributed by atoms with Gasteiger partial charge in [0.05, 0.1) is 27.6 Å². The summed E-state index contributed by atoms with van der Waals surface area (Å²) >= 11 is 0. The lowest BCUT2D eigenvalue weighted by molar-refractivity contribution is 0.577. The molecule has 2 heterocycles. The average Bonchev–Trinajstić information content (AvgIpc) is 3.00. The zero-order valence-corrected chi connectivity index (χ0v) is 15.3. The number of hydrogen-bond donors (Lipinski definition) is 0. The number of imidazole rings is 1. The molecule has 0 aliphatic carbocycles. The molecule has 1 unspecified atom stereocenters. The molecule has 4 nitrogen and oxygen atoms in total. The molecule has 1 aromatic heterocycles. The van der Waals surface area contributed by atoms with E-state index in [9.17, 15) is 4.21 Å². The fourth-order valence-corrected chi connectivity index (χ4v) is 4.87. The second-order valence-corrected chi connectivity index (χ2v) is 7.95. The van der Waals surface area contributed by atoms with Crippen molar-refractivity contribution >= 4 is 27.5 Å². The van der Waals surface area contributed by atoms with Crippen LogP contribution < -0.4 is 4.90 Å². The number of piperidine rings is 1. The maximum atomic E-state index is 13.0. The molecule has 0 N–H and O–H groups in total. The molecule has 1 aliphatic rings. The van der Waals surface area contributed by atoms with E-state index < -0.39 is 10.8 Å². The quantitative estimate of drug-likeness (QED) is 0.715. The van der Waals surface area contributed by atoms with Crippen LogP contribution in [0.15, 0.2) is 53.7 Å². The summed E-state index contributed by atoms with van der Waals surface area (Å²) in [5.74, 6) is 0.504. The number of aryl methyl sites for hydroxylation is 1. The molecule has 130 valence electrons. The van der Waals surface area contributed by atoms with Crippen LogP contribution in [0.2, 0.25) is 0 Å². The summed E-state index contributed by atoms with van der Waals surface area (Å²) in [6.45, 7) is 2.19. The van der Waals surface area contributed by atoms with Crippen molar-refractivity contribution in [2.75, 3.05) is 18.0 Å². The van der Waals surface area contributed by atoms with Crippen LogP contribution in [0.5, 0.6) is 0 Å². The Balaban J connectivity index is 1.63. The summed E-state index contributed by atoms with van der Waals surface area (Å²) < 4.78 is 15.0. The van der Waals surface area contributed by atoms with Crippen LogP contribution in [-0.2, 0) is 23.6 Å². The van der Waals surface area contributed by atoms with Gasteiger partial charge >= 0.3 is 0 Å². The van der Waals surface area contributed by atoms with Crippen molar-refractivity contribution in [1.29, 1.82) is 0 Å². The Hall–Kier alpha value is -2.14. The Morgan fingerprint density at radius 2 is 1.72 bits per heavy atom. The Morgan fingerprint density at radius 1 is 1.00 bits per heavy atom. The van der Waals surface area contributed by atoms with Crippen molar-refractivity contribution in [1.82, 2.24) is 9.55 Å². The Kier molecular flexibility index (Phi) is 4.57. The zero-order valence-electron chi connectivity index (χ0n) is 14.5. The predicted molar refractivity (Wildman–Crippen MR) is 103 cm³/mol. The molecule has 25 heavy (non-hydrogen) atoms. The summed E-state index contributed by atoms with van der Waals surface area (Å²) in [5, 5.41) is 0.648. The molecule has 0 saturated carbocycles. The minimum Gasteiger partial charge on any atom is -0.371 e. The molecule has 0 bridgehead atoms. The summed E-state index contributed by atoms with van der Waals surface area (Å²) in [6.07, 6.45) is 3.79. The van der Waals surface area contributed by atoms with Crippen LogP contribution in [0.3, 0.4) is 0 Å². The highest BCUT2D eigenvalue weighted by molar-refractivity contribution is 7.84. The molecule has 1 aliphatic heterocycles. The molecule has 4 rings (SSSR count). The van der Waals surface area contributed by atoms with Crippen molar-refractivity contribution in [2.24, 2.45) is 7.05 Å². The van der Waals surface area contributed by atoms with Crippen molar-refractivity contribution in [2.45, 2.75) is 30.2 Å². The van der Waals surface area contributed by atoms with E-state index >= 15 is 0 Å². The van der Waals surface area contributed by atoms with Crippen LogP contribution in [-0.4, -0.2) is 26.8 Å². The Bertz CT molecular complexity index is 912. The van der Waals surface area contributed by atoms with Gasteiger partial charge in [0, 0.05) is 25.8 Å². The van der Waals surface area contributed by atoms with E-state index in [0.717, 1.165) is 29.7 Å². The number of aromatic nitrogens is 2. The maximum absolute atomic E-state index is 13.0. The molecule has 5 heteroatoms. The van der Waals surface area contributed by atoms with E-state index in [4.69, 9.17) is 0 Å². The van der Waals surface area contributed by atoms with Crippen LogP contribution in [0.25, 0.3) is 11.0 Å². The number of hydrogen-bond acceptors (Lipinski definition) is 3. The summed E-state index contributed by atoms with van der Waals surface area (Å²) in [4.78, 5) is 7.04. The van der Waals surface area contributed by atoms with Crippen LogP contribution >= 0.6 is 0 Å². The van der Waals surface area contributed by atoms with Crippen LogP contribution in [0, 0.1) is 0 Å². The molecule has 0 radical (unpaired) electrons. The second kappa shape index (κ2) is 7.00. The molecule has 0 amide bonds. The fourth-order valence-electron chi connectivity index (χ4n) is 3.61. The van der Waals surface area contributed by atoms with Crippen molar-refractivity contribution < 1.29 is 4.21 Å². The third-order valence-electron chi connectivity index (χ3n) is 4.92. The van der Waals surface area contributed by atoms with Crippen LogP contribution in [0.4, 0.5) is 5.69 Å². The largest absolute Gasteiger partial charge is 0.371 e. The molecule has 2 aromatic carbocycles. The van der Waals surface area contributed by atoms with E-state index in [2.05, 4.69) is 28.1 Å². The maximum Gasteiger partial charge on any atom is 0.200 e. The molecule has 0 spiro atoms. The smallest absolute Gasteiger partial charge is 0.200 e. The van der Waals surface area contributed by atoms with Crippen molar-refractivity contribution in [3.8, 4) is 0 Å². The van der Waals surface area contributed by atoms with Gasteiger partial charge in [0.25, 0.3) is 0 Å². The molecular weight excluding hydrogens is 330 g/mol. The van der Waals surface area contributed by atoms with E-state index in [1.54, 1.807) is 0 Å². The number of anilines is 1. The van der Waals surface area contributed by atoms with Gasteiger partial charge in [-0.15, -0.1) is 0 Å². The lowest BCUT2D eigenvalue weighted by atomic mass is 10.1. The molecule has 1 saturated heterocycles. The minimum atomic E-state index is -1.17. The third kappa shape index (κ3) is 3.21. The molecule has 1 atom stereocenters. The third-order valence-corrected chi connectivity index (χ3v) is 6.27. The highest BCUT2D eigenvalue weighted by Gasteiger charge is 2.18. The van der Waals surface area contributed by atoms with Gasteiger partial charge in [-0.2, -0.15) is 0 Å². The topological polar surface area (TPSA) is 38.1 Å². The number of nitrogens with zero attached hydrogens (tertiary/aromatic N) is 3. The van der Waals surface area contributed by atoms with Gasteiger partial charge in [-0.05, 0) is 43.0 Å². The normalized spacial score (nSPS) is 16.3. The number of benzene rings is 2. The minimum absolute atomic E-state index is 0.504. The number of para-hydroxylation sites is 3. The molecule has 3 aromatic rings. The first-order valence-corrected chi connectivity index (χ1v) is 10.2. The summed E-state index contributed by atoms with van der Waals surface area (Å²) in [7, 11) is 0.775. The van der Waals surface area contributed by atoms with Gasteiger partial charge in [-0.1, -0.05) is 30.3 Å². The highest BCUT2D eigenvalue weighted by Crippen LogP contribution is 2.27. The first-order chi connectivity index (χ1) is 12.2. The van der Waals surface area contributed by atoms with Gasteiger partial charge in [-0.3, -0.25) is 4.21 Å². The SMILES string of the molecule is Cn1c(S(=O)Cc2ccccc2N2CCCCC2)nc2ccccc21. The second-order valence-electron chi connectivity index (χ2n) is 6.61. The van der Waals surface area contributed by atoms with Gasteiger partial charge < -0.3 is 9.47 Å². The fraction of sp³-hybridized carbons (Fsp3) is 0.350. The van der Waals surface area contributed by atoms with E-state index in [-0.39, 0.29) is 0 Å². The monoisotopic (exact) mass is 353 g/mol. The van der Waals surface area contributed by atoms with Gasteiger partial charge in [-0.25, -0.2) is 4.98 Å². The van der Waals surface area contributed by atoms with Crippen molar-refractivity contribution in [3.05, 3.63) is 54.1 Å². The molecular formula is C20H23N3OS. The zero-order chi connectivity index (χ0) is 17.2. The number of rotatable bonds is 4. The summed E-state index contributed by atoms with van der Waals surface area (Å²) in [6, 6.07) is 16.3. The first-order valence-electron chi connectivity index (χ1n) is 8.87. The Labute approximate surface area is 150 Å². The lowest BCUT2D eigenvalue weighted by Gasteiger charge is -2.30. The van der Waals surface area contributed by atoms with E-state index in [1.807, 2.05) is 41.9 Å². The highest BCUT2D eigenvalue weighted by atomic mass is 32.2. The van der Waals surface area contributed by atoms with Gasteiger partial charge in [0.15, 0.2) is 5.16 Å². The van der Waals surface area contributed by atoms with E-state index in [1.165, 1.54) is 24.9 Å².